The van der Waals surface area contributed by atoms with Crippen molar-refractivity contribution < 1.29 is 0 Å². The van der Waals surface area contributed by atoms with Gasteiger partial charge in [0.25, 0.3) is 0 Å². The summed E-state index contributed by atoms with van der Waals surface area (Å²) in [6.07, 6.45) is 0.842. The van der Waals surface area contributed by atoms with Crippen molar-refractivity contribution in [2.45, 2.75) is 39.8 Å². The molecule has 0 amide bonds. The molecule has 1 heterocycles. The van der Waals surface area contributed by atoms with Crippen LogP contribution in [0.25, 0.3) is 0 Å². The predicted octanol–water partition coefficient (Wildman–Crippen LogP) is 2.27. The summed E-state index contributed by atoms with van der Waals surface area (Å²) in [6, 6.07) is 10.7. The molecule has 0 bridgehead atoms. The average molecular weight is 258 g/mol. The van der Waals surface area contributed by atoms with Crippen LogP contribution < -0.4 is 11.3 Å². The molecule has 0 spiro atoms. The first-order chi connectivity index (χ1) is 9.13. The minimum absolute atomic E-state index is 0.112. The number of aryl methyl sites for hydroxylation is 3. The van der Waals surface area contributed by atoms with Crippen molar-refractivity contribution in [2.24, 2.45) is 5.84 Å². The van der Waals surface area contributed by atoms with Crippen molar-refractivity contribution in [2.75, 3.05) is 0 Å². The fraction of sp³-hybridized carbons (Fsp3) is 0.400. The maximum Gasteiger partial charge on any atom is 0.0596 e. The molecule has 0 aliphatic heterocycles. The van der Waals surface area contributed by atoms with Crippen LogP contribution in [0.3, 0.4) is 0 Å². The number of nitrogens with one attached hydrogen (secondary N) is 1. The zero-order valence-electron chi connectivity index (χ0n) is 11.9. The minimum atomic E-state index is 0.112. The fourth-order valence-electron chi connectivity index (χ4n) is 2.41. The maximum atomic E-state index is 5.72. The Hall–Kier alpha value is -1.65. The van der Waals surface area contributed by atoms with Crippen molar-refractivity contribution in [1.82, 2.24) is 15.2 Å². The maximum absolute atomic E-state index is 5.72. The van der Waals surface area contributed by atoms with Crippen molar-refractivity contribution in [3.05, 3.63) is 52.8 Å². The lowest BCUT2D eigenvalue weighted by Crippen LogP contribution is -2.30. The highest BCUT2D eigenvalue weighted by atomic mass is 15.3. The number of benzene rings is 1. The molecule has 4 heteroatoms. The summed E-state index contributed by atoms with van der Waals surface area (Å²) in [5.74, 6) is 5.72. The van der Waals surface area contributed by atoms with E-state index in [1.807, 2.05) is 11.6 Å². The summed E-state index contributed by atoms with van der Waals surface area (Å²) in [5.41, 5.74) is 7.64. The van der Waals surface area contributed by atoms with Crippen LogP contribution in [0.5, 0.6) is 0 Å². The van der Waals surface area contributed by atoms with Gasteiger partial charge in [0, 0.05) is 18.7 Å². The van der Waals surface area contributed by atoms with Gasteiger partial charge >= 0.3 is 0 Å². The molecule has 4 nitrogen and oxygen atoms in total. The van der Waals surface area contributed by atoms with Crippen LogP contribution in [-0.2, 0) is 13.0 Å². The van der Waals surface area contributed by atoms with Crippen molar-refractivity contribution in [3.8, 4) is 0 Å². The molecule has 1 aromatic heterocycles. The van der Waals surface area contributed by atoms with Gasteiger partial charge in [-0.05, 0) is 32.4 Å². The zero-order valence-corrected chi connectivity index (χ0v) is 11.9. The lowest BCUT2D eigenvalue weighted by Gasteiger charge is -2.17. The third-order valence-corrected chi connectivity index (χ3v) is 3.34. The van der Waals surface area contributed by atoms with Crippen molar-refractivity contribution in [3.63, 3.8) is 0 Å². The smallest absolute Gasteiger partial charge is 0.0596 e. The van der Waals surface area contributed by atoms with Crippen LogP contribution in [0.2, 0.25) is 0 Å². The molecule has 1 unspecified atom stereocenters. The van der Waals surface area contributed by atoms with E-state index in [-0.39, 0.29) is 6.04 Å². The lowest BCUT2D eigenvalue weighted by molar-refractivity contribution is 0.517. The first kappa shape index (κ1) is 13.8. The zero-order chi connectivity index (χ0) is 13.8. The van der Waals surface area contributed by atoms with Crippen LogP contribution >= 0.6 is 0 Å². The van der Waals surface area contributed by atoms with Crippen LogP contribution in [0.15, 0.2) is 30.3 Å². The summed E-state index contributed by atoms with van der Waals surface area (Å²) < 4.78 is 2.04. The van der Waals surface area contributed by atoms with Gasteiger partial charge in [-0.2, -0.15) is 5.10 Å². The van der Waals surface area contributed by atoms with E-state index in [4.69, 9.17) is 5.84 Å². The van der Waals surface area contributed by atoms with E-state index in [0.717, 1.165) is 18.7 Å². The highest BCUT2D eigenvalue weighted by Gasteiger charge is 2.14. The molecule has 0 saturated carbocycles. The molecular formula is C15H22N4. The molecular weight excluding hydrogens is 236 g/mol. The molecule has 2 aromatic rings. The second kappa shape index (κ2) is 5.99. The van der Waals surface area contributed by atoms with Gasteiger partial charge < -0.3 is 0 Å². The average Bonchev–Trinajstić information content (AvgIpc) is 2.76. The van der Waals surface area contributed by atoms with E-state index in [2.05, 4.69) is 54.7 Å². The Kier molecular flexibility index (Phi) is 4.35. The second-order valence-electron chi connectivity index (χ2n) is 4.93. The Morgan fingerprint density at radius 1 is 1.32 bits per heavy atom. The molecule has 19 heavy (non-hydrogen) atoms. The van der Waals surface area contributed by atoms with E-state index in [1.54, 1.807) is 0 Å². The Labute approximate surface area is 114 Å². The third-order valence-electron chi connectivity index (χ3n) is 3.34. The number of hydrazine groups is 1. The Bertz CT molecular complexity index is 545. The SMILES string of the molecule is CCn1nc(C)cc1CC(NN)c1cccc(C)c1. The van der Waals surface area contributed by atoms with Crippen LogP contribution in [0, 0.1) is 13.8 Å². The van der Waals surface area contributed by atoms with Gasteiger partial charge in [0.05, 0.1) is 11.7 Å². The Morgan fingerprint density at radius 2 is 2.11 bits per heavy atom. The highest BCUT2D eigenvalue weighted by Crippen LogP contribution is 2.19. The highest BCUT2D eigenvalue weighted by molar-refractivity contribution is 5.26. The fourth-order valence-corrected chi connectivity index (χ4v) is 2.41. The summed E-state index contributed by atoms with van der Waals surface area (Å²) in [7, 11) is 0. The number of nitrogens with two attached hydrogens (primary N) is 1. The van der Waals surface area contributed by atoms with E-state index in [0.29, 0.717) is 0 Å². The molecule has 1 atom stereocenters. The van der Waals surface area contributed by atoms with E-state index >= 15 is 0 Å². The van der Waals surface area contributed by atoms with Crippen molar-refractivity contribution >= 4 is 0 Å². The first-order valence-electron chi connectivity index (χ1n) is 6.70. The summed E-state index contributed by atoms with van der Waals surface area (Å²) in [6.45, 7) is 7.10. The van der Waals surface area contributed by atoms with E-state index < -0.39 is 0 Å². The summed E-state index contributed by atoms with van der Waals surface area (Å²) in [5, 5.41) is 4.48. The molecule has 2 rings (SSSR count). The number of rotatable bonds is 5. The van der Waals surface area contributed by atoms with Crippen molar-refractivity contribution in [1.29, 1.82) is 0 Å². The third kappa shape index (κ3) is 3.22. The summed E-state index contributed by atoms with van der Waals surface area (Å²) >= 11 is 0. The standard InChI is InChI=1S/C15H22N4/c1-4-19-14(9-12(3)18-19)10-15(17-16)13-7-5-6-11(2)8-13/h5-9,15,17H,4,10,16H2,1-3H3. The number of hydrogen-bond donors (Lipinski definition) is 2. The quantitative estimate of drug-likeness (QED) is 0.639. The number of nitrogens with zero attached hydrogens (tertiary/aromatic N) is 2. The Balaban J connectivity index is 2.23. The predicted molar refractivity (Wildman–Crippen MR) is 77.6 cm³/mol. The van der Waals surface area contributed by atoms with Gasteiger partial charge in [-0.1, -0.05) is 29.8 Å². The number of aromatic nitrogens is 2. The molecule has 102 valence electrons. The molecule has 0 aliphatic rings. The van der Waals surface area contributed by atoms with Gasteiger partial charge in [-0.15, -0.1) is 0 Å². The topological polar surface area (TPSA) is 55.9 Å². The number of hydrogen-bond acceptors (Lipinski definition) is 3. The summed E-state index contributed by atoms with van der Waals surface area (Å²) in [4.78, 5) is 0. The van der Waals surface area contributed by atoms with Gasteiger partial charge in [0.15, 0.2) is 0 Å². The van der Waals surface area contributed by atoms with Crippen LogP contribution in [0.1, 0.15) is 35.5 Å². The molecule has 1 aromatic carbocycles. The van der Waals surface area contributed by atoms with Crippen LogP contribution in [0.4, 0.5) is 0 Å². The molecule has 0 fully saturated rings. The van der Waals surface area contributed by atoms with E-state index in [1.165, 1.54) is 16.8 Å². The normalized spacial score (nSPS) is 12.6. The van der Waals surface area contributed by atoms with Gasteiger partial charge in [0.2, 0.25) is 0 Å². The molecule has 3 N–H and O–H groups in total. The minimum Gasteiger partial charge on any atom is -0.271 e. The monoisotopic (exact) mass is 258 g/mol. The van der Waals surface area contributed by atoms with Gasteiger partial charge in [0.1, 0.15) is 0 Å². The van der Waals surface area contributed by atoms with Gasteiger partial charge in [-0.3, -0.25) is 16.0 Å². The lowest BCUT2D eigenvalue weighted by atomic mass is 10.0. The molecule has 0 aliphatic carbocycles. The second-order valence-corrected chi connectivity index (χ2v) is 4.93. The first-order valence-corrected chi connectivity index (χ1v) is 6.70. The molecule has 0 radical (unpaired) electrons. The van der Waals surface area contributed by atoms with E-state index in [9.17, 15) is 0 Å². The Morgan fingerprint density at radius 3 is 2.74 bits per heavy atom. The van der Waals surface area contributed by atoms with Gasteiger partial charge in [-0.25, -0.2) is 0 Å². The largest absolute Gasteiger partial charge is 0.271 e. The van der Waals surface area contributed by atoms with Crippen LogP contribution in [-0.4, -0.2) is 9.78 Å². The molecule has 0 saturated heterocycles.